The Balaban J connectivity index is 1.84. The summed E-state index contributed by atoms with van der Waals surface area (Å²) in [6.45, 7) is 5.16. The van der Waals surface area contributed by atoms with Crippen LogP contribution in [0.5, 0.6) is 5.75 Å². The maximum Gasteiger partial charge on any atom is 0.419 e. The Morgan fingerprint density at radius 2 is 1.91 bits per heavy atom. The highest BCUT2D eigenvalue weighted by Crippen LogP contribution is 2.45. The van der Waals surface area contributed by atoms with Crippen LogP contribution in [0.3, 0.4) is 0 Å². The van der Waals surface area contributed by atoms with Gasteiger partial charge < -0.3 is 19.7 Å². The van der Waals surface area contributed by atoms with Crippen LogP contribution in [0.1, 0.15) is 57.0 Å². The summed E-state index contributed by atoms with van der Waals surface area (Å²) in [5.41, 5.74) is -2.93. The molecule has 0 spiro atoms. The fourth-order valence-electron chi connectivity index (χ4n) is 3.96. The number of hydrogen-bond acceptors (Lipinski definition) is 7. The van der Waals surface area contributed by atoms with Gasteiger partial charge in [0, 0.05) is 12.2 Å². The molecule has 1 aromatic carbocycles. The summed E-state index contributed by atoms with van der Waals surface area (Å²) in [6.07, 6.45) is -3.07. The second kappa shape index (κ2) is 10.0. The van der Waals surface area contributed by atoms with E-state index in [2.05, 4.69) is 10.2 Å². The number of benzene rings is 1. The van der Waals surface area contributed by atoms with Gasteiger partial charge in [0.05, 0.1) is 18.8 Å². The Morgan fingerprint density at radius 3 is 2.56 bits per heavy atom. The Hall–Kier alpha value is -2.44. The lowest BCUT2D eigenvalue weighted by molar-refractivity contribution is -0.138. The van der Waals surface area contributed by atoms with Gasteiger partial charge in [-0.25, -0.2) is 4.79 Å². The molecule has 3 rings (SSSR count). The number of hydrogen-bond donors (Lipinski definition) is 2. The standard InChI is InChI=1S/C22H28F3N3O5S/c1-20(2)28(19(30)31)21(3,13-33-20)18-27-26-17(34-18)14-8-9-16(15(12-14)22(23,24)25)32-11-7-5-4-6-10-29/h8-9,12,29H,4-7,10-11,13H2,1-3H3,(H,30,31). The number of aromatic nitrogens is 2. The number of halogens is 3. The molecule has 2 heterocycles. The number of nitrogens with zero attached hydrogens (tertiary/aromatic N) is 3. The smallest absolute Gasteiger partial charge is 0.419 e. The number of amides is 1. The summed E-state index contributed by atoms with van der Waals surface area (Å²) < 4.78 is 52.2. The number of carbonyl (C=O) groups is 1. The van der Waals surface area contributed by atoms with Crippen LogP contribution in [-0.4, -0.2) is 56.9 Å². The van der Waals surface area contributed by atoms with E-state index in [4.69, 9.17) is 14.6 Å². The van der Waals surface area contributed by atoms with Gasteiger partial charge in [0.1, 0.15) is 27.0 Å². The van der Waals surface area contributed by atoms with Crippen molar-refractivity contribution >= 4 is 17.4 Å². The quantitative estimate of drug-likeness (QED) is 0.458. The maximum atomic E-state index is 13.7. The molecule has 1 aromatic heterocycles. The Morgan fingerprint density at radius 1 is 1.21 bits per heavy atom. The van der Waals surface area contributed by atoms with Gasteiger partial charge in [0.2, 0.25) is 0 Å². The molecule has 1 amide bonds. The van der Waals surface area contributed by atoms with Crippen molar-refractivity contribution in [1.29, 1.82) is 0 Å². The molecule has 1 aliphatic rings. The van der Waals surface area contributed by atoms with Crippen LogP contribution in [0.2, 0.25) is 0 Å². The molecule has 188 valence electrons. The van der Waals surface area contributed by atoms with E-state index in [1.54, 1.807) is 20.8 Å². The van der Waals surface area contributed by atoms with E-state index in [1.165, 1.54) is 12.1 Å². The van der Waals surface area contributed by atoms with Gasteiger partial charge in [-0.2, -0.15) is 13.2 Å². The fourth-order valence-corrected chi connectivity index (χ4v) is 4.92. The predicted molar refractivity (Wildman–Crippen MR) is 119 cm³/mol. The van der Waals surface area contributed by atoms with Crippen molar-refractivity contribution in [3.63, 3.8) is 0 Å². The van der Waals surface area contributed by atoms with Gasteiger partial charge in [-0.15, -0.1) is 10.2 Å². The van der Waals surface area contributed by atoms with Gasteiger partial charge in [-0.3, -0.25) is 4.90 Å². The minimum absolute atomic E-state index is 0.0415. The number of carboxylic acid groups (broad SMARTS) is 1. The second-order valence-corrected chi connectivity index (χ2v) is 9.71. The predicted octanol–water partition coefficient (Wildman–Crippen LogP) is 5.12. The average molecular weight is 504 g/mol. The number of ether oxygens (including phenoxy) is 2. The molecule has 34 heavy (non-hydrogen) atoms. The first-order valence-corrected chi connectivity index (χ1v) is 11.7. The molecule has 1 atom stereocenters. The van der Waals surface area contributed by atoms with Gasteiger partial charge >= 0.3 is 12.3 Å². The van der Waals surface area contributed by atoms with Crippen molar-refractivity contribution in [3.05, 3.63) is 28.8 Å². The van der Waals surface area contributed by atoms with Crippen LogP contribution in [0.25, 0.3) is 10.6 Å². The molecule has 1 fully saturated rings. The summed E-state index contributed by atoms with van der Waals surface area (Å²) in [7, 11) is 0. The van der Waals surface area contributed by atoms with Crippen molar-refractivity contribution in [2.45, 2.75) is 63.9 Å². The van der Waals surface area contributed by atoms with Crippen LogP contribution in [-0.2, 0) is 16.5 Å². The molecule has 1 unspecified atom stereocenters. The molecule has 1 aliphatic heterocycles. The fraction of sp³-hybridized carbons (Fsp3) is 0.591. The zero-order valence-electron chi connectivity index (χ0n) is 19.2. The monoisotopic (exact) mass is 503 g/mol. The summed E-state index contributed by atoms with van der Waals surface area (Å²) >= 11 is 1.02. The molecule has 12 heteroatoms. The average Bonchev–Trinajstić information content (AvgIpc) is 3.33. The number of unbranched alkanes of at least 4 members (excludes halogenated alkanes) is 3. The summed E-state index contributed by atoms with van der Waals surface area (Å²) in [4.78, 5) is 13.0. The third kappa shape index (κ3) is 5.44. The van der Waals surface area contributed by atoms with E-state index < -0.39 is 29.1 Å². The molecule has 0 radical (unpaired) electrons. The number of rotatable bonds is 9. The summed E-state index contributed by atoms with van der Waals surface area (Å²) in [5, 5.41) is 27.2. The highest BCUT2D eigenvalue weighted by Gasteiger charge is 2.54. The third-order valence-corrected chi connectivity index (χ3v) is 6.88. The van der Waals surface area contributed by atoms with Crippen LogP contribution in [0.15, 0.2) is 18.2 Å². The van der Waals surface area contributed by atoms with Crippen molar-refractivity contribution in [3.8, 4) is 16.3 Å². The number of aliphatic hydroxyl groups is 1. The first kappa shape index (κ1) is 26.2. The minimum Gasteiger partial charge on any atom is -0.493 e. The largest absolute Gasteiger partial charge is 0.493 e. The zero-order valence-corrected chi connectivity index (χ0v) is 20.0. The normalized spacial score (nSPS) is 20.0. The SMILES string of the molecule is CC1(C)OCC(C)(c2nnc(-c3ccc(OCCCCCCO)c(C(F)(F)F)c3)s2)N1C(=O)O. The molecule has 2 aromatic rings. The molecular weight excluding hydrogens is 475 g/mol. The zero-order chi connectivity index (χ0) is 25.1. The maximum absolute atomic E-state index is 13.7. The lowest BCUT2D eigenvalue weighted by Crippen LogP contribution is -2.51. The van der Waals surface area contributed by atoms with E-state index in [1.807, 2.05) is 0 Å². The minimum atomic E-state index is -4.63. The third-order valence-electron chi connectivity index (χ3n) is 5.66. The molecule has 1 saturated heterocycles. The Kier molecular flexibility index (Phi) is 7.73. The molecule has 0 bridgehead atoms. The van der Waals surface area contributed by atoms with Crippen LogP contribution < -0.4 is 4.74 Å². The lowest BCUT2D eigenvalue weighted by Gasteiger charge is -2.35. The first-order valence-electron chi connectivity index (χ1n) is 10.9. The van der Waals surface area contributed by atoms with Crippen molar-refractivity contribution < 1.29 is 37.7 Å². The molecule has 8 nitrogen and oxygen atoms in total. The van der Waals surface area contributed by atoms with Crippen molar-refractivity contribution in [1.82, 2.24) is 15.1 Å². The first-order chi connectivity index (χ1) is 15.9. The van der Waals surface area contributed by atoms with Crippen molar-refractivity contribution in [2.75, 3.05) is 19.8 Å². The van der Waals surface area contributed by atoms with Gasteiger partial charge in [-0.05, 0) is 58.2 Å². The Labute approximate surface area is 199 Å². The van der Waals surface area contributed by atoms with Crippen molar-refractivity contribution in [2.24, 2.45) is 0 Å². The van der Waals surface area contributed by atoms with E-state index in [9.17, 15) is 23.1 Å². The van der Waals surface area contributed by atoms with Gasteiger partial charge in [0.25, 0.3) is 0 Å². The highest BCUT2D eigenvalue weighted by atomic mass is 32.1. The Bertz CT molecular complexity index is 1010. The topological polar surface area (TPSA) is 105 Å². The van der Waals surface area contributed by atoms with Crippen LogP contribution in [0.4, 0.5) is 18.0 Å². The van der Waals surface area contributed by atoms with Crippen LogP contribution in [0, 0.1) is 0 Å². The summed E-state index contributed by atoms with van der Waals surface area (Å²) in [5.74, 6) is -0.266. The van der Waals surface area contributed by atoms with E-state index >= 15 is 0 Å². The van der Waals surface area contributed by atoms with Gasteiger partial charge in [0.15, 0.2) is 0 Å². The molecule has 2 N–H and O–H groups in total. The number of alkyl halides is 3. The molecular formula is C22H28F3N3O5S. The summed E-state index contributed by atoms with van der Waals surface area (Å²) in [6, 6.07) is 3.71. The lowest BCUT2D eigenvalue weighted by atomic mass is 10.0. The molecule has 0 saturated carbocycles. The van der Waals surface area contributed by atoms with E-state index in [-0.39, 0.29) is 36.1 Å². The second-order valence-electron chi connectivity index (χ2n) is 8.73. The van der Waals surface area contributed by atoms with Gasteiger partial charge in [-0.1, -0.05) is 17.8 Å². The molecule has 0 aliphatic carbocycles. The highest BCUT2D eigenvalue weighted by molar-refractivity contribution is 7.14. The van der Waals surface area contributed by atoms with E-state index in [0.29, 0.717) is 17.8 Å². The van der Waals surface area contributed by atoms with Crippen LogP contribution >= 0.6 is 11.3 Å². The van der Waals surface area contributed by atoms with E-state index in [0.717, 1.165) is 35.1 Å². The number of aliphatic hydroxyl groups excluding tert-OH is 1.